The molecule has 1 fully saturated rings. The smallest absolute Gasteiger partial charge is 0.244 e. The normalized spacial score (nSPS) is 14.1. The number of nitrogens with one attached hydrogen (secondary N) is 2. The minimum absolute atomic E-state index is 0.0830. The van der Waals surface area contributed by atoms with Crippen LogP contribution in [-0.2, 0) is 9.59 Å². The zero-order chi connectivity index (χ0) is 21.6. The highest BCUT2D eigenvalue weighted by molar-refractivity contribution is 8.00. The lowest BCUT2D eigenvalue weighted by Gasteiger charge is -2.16. The molecular weight excluding hydrogens is 448 g/mol. The van der Waals surface area contributed by atoms with Crippen LogP contribution in [0.2, 0.25) is 0 Å². The van der Waals surface area contributed by atoms with E-state index in [9.17, 15) is 9.59 Å². The van der Waals surface area contributed by atoms with Crippen LogP contribution in [0.3, 0.4) is 0 Å². The quantitative estimate of drug-likeness (QED) is 0.404. The first kappa shape index (κ1) is 21.9. The second kappa shape index (κ2) is 10.3. The summed E-state index contributed by atoms with van der Waals surface area (Å²) < 4.78 is 4.26. The van der Waals surface area contributed by atoms with Crippen molar-refractivity contribution in [3.63, 3.8) is 0 Å². The fourth-order valence-electron chi connectivity index (χ4n) is 2.86. The van der Waals surface area contributed by atoms with Gasteiger partial charge in [0.15, 0.2) is 0 Å². The van der Waals surface area contributed by atoms with Gasteiger partial charge in [-0.05, 0) is 48.4 Å². The lowest BCUT2D eigenvalue weighted by atomic mass is 10.1. The first-order chi connectivity index (χ1) is 15.1. The Labute approximate surface area is 193 Å². The molecule has 1 aliphatic carbocycles. The molecule has 0 spiro atoms. The van der Waals surface area contributed by atoms with Crippen LogP contribution >= 0.6 is 35.1 Å². The van der Waals surface area contributed by atoms with E-state index in [1.807, 2.05) is 61.5 Å². The summed E-state index contributed by atoms with van der Waals surface area (Å²) in [5.41, 5.74) is 1.68. The van der Waals surface area contributed by atoms with Gasteiger partial charge in [-0.15, -0.1) is 11.8 Å². The van der Waals surface area contributed by atoms with E-state index in [4.69, 9.17) is 0 Å². The fourth-order valence-corrected chi connectivity index (χ4v) is 5.16. The first-order valence-corrected chi connectivity index (χ1v) is 12.7. The second-order valence-electron chi connectivity index (χ2n) is 7.00. The third kappa shape index (κ3) is 6.09. The SMILES string of the molecule is CCSc1nsc(NC(=O)C(Sc2ccc(NC(=O)C3CC3)cc2)c2ccccc2)n1. The van der Waals surface area contributed by atoms with Gasteiger partial charge in [-0.1, -0.05) is 49.0 Å². The maximum Gasteiger partial charge on any atom is 0.244 e. The Morgan fingerprint density at radius 3 is 2.52 bits per heavy atom. The largest absolute Gasteiger partial charge is 0.326 e. The molecule has 160 valence electrons. The topological polar surface area (TPSA) is 84.0 Å². The third-order valence-electron chi connectivity index (χ3n) is 4.58. The number of hydrogen-bond donors (Lipinski definition) is 2. The molecule has 1 aromatic heterocycles. The van der Waals surface area contributed by atoms with Crippen LogP contribution in [0.5, 0.6) is 0 Å². The summed E-state index contributed by atoms with van der Waals surface area (Å²) in [4.78, 5) is 30.4. The van der Waals surface area contributed by atoms with Gasteiger partial charge in [-0.2, -0.15) is 9.36 Å². The predicted octanol–water partition coefficient (Wildman–Crippen LogP) is 5.47. The molecule has 1 saturated carbocycles. The summed E-state index contributed by atoms with van der Waals surface area (Å²) in [5.74, 6) is 0.979. The minimum Gasteiger partial charge on any atom is -0.326 e. The average molecular weight is 471 g/mol. The van der Waals surface area contributed by atoms with Crippen molar-refractivity contribution in [1.82, 2.24) is 9.36 Å². The molecule has 2 amide bonds. The number of thioether (sulfide) groups is 2. The Morgan fingerprint density at radius 1 is 1.10 bits per heavy atom. The van der Waals surface area contributed by atoms with E-state index in [1.165, 1.54) is 23.3 Å². The number of amides is 2. The number of carbonyl (C=O) groups is 2. The molecule has 6 nitrogen and oxygen atoms in total. The molecule has 1 heterocycles. The van der Waals surface area contributed by atoms with Gasteiger partial charge in [0.05, 0.1) is 0 Å². The number of nitrogens with zero attached hydrogens (tertiary/aromatic N) is 2. The number of carbonyl (C=O) groups excluding carboxylic acids is 2. The van der Waals surface area contributed by atoms with Crippen molar-refractivity contribution in [2.75, 3.05) is 16.4 Å². The van der Waals surface area contributed by atoms with Gasteiger partial charge in [0.2, 0.25) is 22.1 Å². The highest BCUT2D eigenvalue weighted by Crippen LogP contribution is 2.37. The van der Waals surface area contributed by atoms with Crippen LogP contribution in [0.15, 0.2) is 64.6 Å². The van der Waals surface area contributed by atoms with E-state index in [0.29, 0.717) is 10.3 Å². The second-order valence-corrected chi connectivity index (χ2v) is 10.2. The molecule has 0 bridgehead atoms. The number of rotatable bonds is 9. The highest BCUT2D eigenvalue weighted by Gasteiger charge is 2.29. The molecule has 3 aromatic rings. The fraction of sp³-hybridized carbons (Fsp3) is 0.273. The molecule has 0 saturated heterocycles. The zero-order valence-corrected chi connectivity index (χ0v) is 19.4. The van der Waals surface area contributed by atoms with E-state index in [1.54, 1.807) is 11.8 Å². The van der Waals surface area contributed by atoms with Crippen LogP contribution in [0.4, 0.5) is 10.8 Å². The Kier molecular flexibility index (Phi) is 7.26. The Morgan fingerprint density at radius 2 is 1.84 bits per heavy atom. The molecule has 31 heavy (non-hydrogen) atoms. The summed E-state index contributed by atoms with van der Waals surface area (Å²) in [7, 11) is 0. The maximum atomic E-state index is 13.1. The van der Waals surface area contributed by atoms with Crippen molar-refractivity contribution in [3.05, 3.63) is 60.2 Å². The minimum atomic E-state index is -0.445. The van der Waals surface area contributed by atoms with Crippen molar-refractivity contribution in [2.45, 2.75) is 35.1 Å². The number of aromatic nitrogens is 2. The molecule has 4 rings (SSSR count). The average Bonchev–Trinajstić information content (AvgIpc) is 3.55. The number of hydrogen-bond acceptors (Lipinski definition) is 7. The summed E-state index contributed by atoms with van der Waals surface area (Å²) in [6.07, 6.45) is 1.95. The van der Waals surface area contributed by atoms with E-state index >= 15 is 0 Å². The first-order valence-electron chi connectivity index (χ1n) is 10.0. The molecular formula is C22H22N4O2S3. The maximum absolute atomic E-state index is 13.1. The summed E-state index contributed by atoms with van der Waals surface area (Å²) in [5, 5.41) is 6.58. The van der Waals surface area contributed by atoms with E-state index < -0.39 is 5.25 Å². The van der Waals surface area contributed by atoms with Gasteiger partial charge in [-0.3, -0.25) is 14.9 Å². The molecule has 2 N–H and O–H groups in total. The summed E-state index contributed by atoms with van der Waals surface area (Å²) >= 11 is 4.19. The Hall–Kier alpha value is -2.36. The van der Waals surface area contributed by atoms with Gasteiger partial charge >= 0.3 is 0 Å². The summed E-state index contributed by atoms with van der Waals surface area (Å²) in [6.45, 7) is 2.04. The molecule has 2 aromatic carbocycles. The van der Waals surface area contributed by atoms with Crippen molar-refractivity contribution in [1.29, 1.82) is 0 Å². The van der Waals surface area contributed by atoms with Crippen molar-refractivity contribution in [2.24, 2.45) is 5.92 Å². The molecule has 9 heteroatoms. The number of anilines is 2. The van der Waals surface area contributed by atoms with Crippen LogP contribution in [0.25, 0.3) is 0 Å². The third-order valence-corrected chi connectivity index (χ3v) is 7.32. The van der Waals surface area contributed by atoms with Gasteiger partial charge in [0, 0.05) is 28.0 Å². The van der Waals surface area contributed by atoms with Crippen molar-refractivity contribution >= 4 is 57.7 Å². The van der Waals surface area contributed by atoms with Crippen LogP contribution < -0.4 is 10.6 Å². The molecule has 0 aliphatic heterocycles. The number of benzene rings is 2. The van der Waals surface area contributed by atoms with E-state index in [-0.39, 0.29) is 17.7 Å². The van der Waals surface area contributed by atoms with Gasteiger partial charge in [-0.25, -0.2) is 0 Å². The Bertz CT molecular complexity index is 1040. The predicted molar refractivity (Wildman–Crippen MR) is 128 cm³/mol. The van der Waals surface area contributed by atoms with E-state index in [0.717, 1.165) is 34.7 Å². The van der Waals surface area contributed by atoms with Gasteiger partial charge < -0.3 is 5.32 Å². The van der Waals surface area contributed by atoms with Gasteiger partial charge in [0.25, 0.3) is 0 Å². The van der Waals surface area contributed by atoms with Crippen LogP contribution in [0.1, 0.15) is 30.6 Å². The zero-order valence-electron chi connectivity index (χ0n) is 16.9. The molecule has 0 radical (unpaired) electrons. The Balaban J connectivity index is 1.47. The molecule has 1 atom stereocenters. The lowest BCUT2D eigenvalue weighted by molar-refractivity contribution is -0.117. The van der Waals surface area contributed by atoms with Crippen molar-refractivity contribution in [3.8, 4) is 0 Å². The molecule has 1 aliphatic rings. The van der Waals surface area contributed by atoms with Crippen LogP contribution in [0, 0.1) is 5.92 Å². The highest BCUT2D eigenvalue weighted by atomic mass is 32.2. The van der Waals surface area contributed by atoms with Gasteiger partial charge in [0.1, 0.15) is 5.25 Å². The van der Waals surface area contributed by atoms with Crippen molar-refractivity contribution < 1.29 is 9.59 Å². The lowest BCUT2D eigenvalue weighted by Crippen LogP contribution is -2.19. The molecule has 1 unspecified atom stereocenters. The monoisotopic (exact) mass is 470 g/mol. The standard InChI is InChI=1S/C22H22N4O2S3/c1-2-29-22-25-21(31-26-22)24-20(28)18(14-6-4-3-5-7-14)30-17-12-10-16(11-13-17)23-19(27)15-8-9-15/h3-7,10-13,15,18H,2,8-9H2,1H3,(H,23,27)(H,24,25,26,28). The summed E-state index contributed by atoms with van der Waals surface area (Å²) in [6, 6.07) is 17.3. The van der Waals surface area contributed by atoms with E-state index in [2.05, 4.69) is 20.0 Å². The van der Waals surface area contributed by atoms with Crippen LogP contribution in [-0.4, -0.2) is 26.9 Å².